The van der Waals surface area contributed by atoms with E-state index in [1.807, 2.05) is 49.7 Å². The summed E-state index contributed by atoms with van der Waals surface area (Å²) < 4.78 is 8.24. The van der Waals surface area contributed by atoms with Crippen molar-refractivity contribution in [1.29, 1.82) is 0 Å². The fourth-order valence-electron chi connectivity index (χ4n) is 4.23. The predicted octanol–water partition coefficient (Wildman–Crippen LogP) is 3.84. The number of aromatic nitrogens is 1. The van der Waals surface area contributed by atoms with E-state index in [0.29, 0.717) is 14.8 Å². The van der Waals surface area contributed by atoms with Gasteiger partial charge in [-0.05, 0) is 76.6 Å². The van der Waals surface area contributed by atoms with Crippen molar-refractivity contribution in [1.82, 2.24) is 4.57 Å². The van der Waals surface area contributed by atoms with Gasteiger partial charge in [0.15, 0.2) is 5.78 Å². The third-order valence-corrected chi connectivity index (χ3v) is 7.90. The first-order chi connectivity index (χ1) is 16.2. The number of carbonyl (C=O) groups is 1. The van der Waals surface area contributed by atoms with Gasteiger partial charge in [0.05, 0.1) is 11.1 Å². The minimum absolute atomic E-state index is 0.0557. The molecule has 7 heteroatoms. The highest BCUT2D eigenvalue weighted by atomic mass is 32.1. The lowest BCUT2D eigenvalue weighted by molar-refractivity contribution is -0.120. The van der Waals surface area contributed by atoms with Crippen LogP contribution in [-0.2, 0) is 24.2 Å². The van der Waals surface area contributed by atoms with E-state index in [9.17, 15) is 14.4 Å². The molecule has 0 amide bonds. The summed E-state index contributed by atoms with van der Waals surface area (Å²) in [6.07, 6.45) is 6.48. The summed E-state index contributed by atoms with van der Waals surface area (Å²) in [6.45, 7) is 5.77. The van der Waals surface area contributed by atoms with Crippen molar-refractivity contribution in [2.45, 2.75) is 46.6 Å². The molecular weight excluding hydrogens is 466 g/mol. The first kappa shape index (κ1) is 22.7. The van der Waals surface area contributed by atoms with Crippen LogP contribution in [0.1, 0.15) is 49.4 Å². The number of aryl methyl sites for hydroxylation is 2. The molecule has 34 heavy (non-hydrogen) atoms. The number of thiazole rings is 1. The smallest absolute Gasteiger partial charge is 0.336 e. The zero-order valence-corrected chi connectivity index (χ0v) is 21.0. The summed E-state index contributed by atoms with van der Waals surface area (Å²) in [5.74, 6) is -0.0557. The first-order valence-electron chi connectivity index (χ1n) is 11.3. The third kappa shape index (κ3) is 4.38. The van der Waals surface area contributed by atoms with Gasteiger partial charge in [-0.3, -0.25) is 14.2 Å². The number of ketones is 1. The molecule has 1 aliphatic rings. The van der Waals surface area contributed by atoms with E-state index in [0.717, 1.165) is 35.8 Å². The van der Waals surface area contributed by atoms with Gasteiger partial charge in [-0.1, -0.05) is 20.8 Å². The van der Waals surface area contributed by atoms with Gasteiger partial charge in [-0.25, -0.2) is 4.79 Å². The molecule has 0 fully saturated rings. The number of benzene rings is 1. The van der Waals surface area contributed by atoms with Crippen molar-refractivity contribution in [3.05, 3.63) is 87.2 Å². The molecular formula is C27H25NO4S2. The highest BCUT2D eigenvalue weighted by Gasteiger charge is 2.20. The Bertz CT molecular complexity index is 1640. The molecule has 174 valence electrons. The monoisotopic (exact) mass is 491 g/mol. The van der Waals surface area contributed by atoms with Crippen LogP contribution in [0.15, 0.2) is 49.0 Å². The summed E-state index contributed by atoms with van der Waals surface area (Å²) in [6, 6.07) is 7.47. The Morgan fingerprint density at radius 2 is 1.91 bits per heavy atom. The Morgan fingerprint density at radius 3 is 2.62 bits per heavy atom. The number of nitrogens with zero attached hydrogens (tertiary/aromatic N) is 1. The number of Topliss-reactive ketones (excluding diaryl/α,β-unsaturated/α-hetero) is 1. The second-order valence-electron chi connectivity index (χ2n) is 9.72. The minimum atomic E-state index is -0.566. The molecule has 4 aromatic rings. The number of hydrogen-bond acceptors (Lipinski definition) is 6. The van der Waals surface area contributed by atoms with Gasteiger partial charge in [0.2, 0.25) is 0 Å². The second-order valence-corrected chi connectivity index (χ2v) is 11.6. The Kier molecular flexibility index (Phi) is 5.78. The topological polar surface area (TPSA) is 69.3 Å². The van der Waals surface area contributed by atoms with Crippen molar-refractivity contribution < 1.29 is 9.21 Å². The molecule has 0 aliphatic heterocycles. The molecule has 1 aliphatic carbocycles. The summed E-state index contributed by atoms with van der Waals surface area (Å²) in [4.78, 5) is 38.7. The van der Waals surface area contributed by atoms with Crippen LogP contribution < -0.4 is 20.4 Å². The highest BCUT2D eigenvalue weighted by molar-refractivity contribution is 7.08. The molecule has 0 atom stereocenters. The lowest BCUT2D eigenvalue weighted by Crippen LogP contribution is -2.33. The van der Waals surface area contributed by atoms with E-state index in [2.05, 4.69) is 6.07 Å². The van der Waals surface area contributed by atoms with Crippen molar-refractivity contribution in [3.8, 4) is 0 Å². The van der Waals surface area contributed by atoms with Gasteiger partial charge in [0.1, 0.15) is 10.2 Å². The molecule has 5 nitrogen and oxygen atoms in total. The number of fused-ring (bicyclic) bond motifs is 2. The van der Waals surface area contributed by atoms with E-state index >= 15 is 0 Å². The van der Waals surface area contributed by atoms with Crippen LogP contribution in [0.25, 0.3) is 23.1 Å². The van der Waals surface area contributed by atoms with Gasteiger partial charge in [0.25, 0.3) is 5.56 Å². The maximum atomic E-state index is 13.5. The SMILES string of the molecule is CC(C)(C)C(=O)C=c1sc(=Cc2ccsc2)c(=O)n1Cc1cc(=O)oc2cc3c(cc12)CCC3. The average Bonchev–Trinajstić information content (AvgIpc) is 3.50. The molecule has 5 rings (SSSR count). The van der Waals surface area contributed by atoms with Crippen LogP contribution >= 0.6 is 22.7 Å². The molecule has 3 heterocycles. The Balaban J connectivity index is 1.71. The summed E-state index contributed by atoms with van der Waals surface area (Å²) in [5, 5.41) is 4.78. The summed E-state index contributed by atoms with van der Waals surface area (Å²) in [7, 11) is 0. The lowest BCUT2D eigenvalue weighted by atomic mass is 9.91. The van der Waals surface area contributed by atoms with Gasteiger partial charge in [-0.15, -0.1) is 11.3 Å². The highest BCUT2D eigenvalue weighted by Crippen LogP contribution is 2.28. The molecule has 0 N–H and O–H groups in total. The number of hydrogen-bond donors (Lipinski definition) is 0. The molecule has 0 saturated carbocycles. The van der Waals surface area contributed by atoms with Crippen LogP contribution in [0.3, 0.4) is 0 Å². The van der Waals surface area contributed by atoms with Crippen LogP contribution in [0, 0.1) is 5.41 Å². The van der Waals surface area contributed by atoms with Gasteiger partial charge < -0.3 is 4.42 Å². The Hall–Kier alpha value is -3.03. The van der Waals surface area contributed by atoms with Crippen LogP contribution in [-0.4, -0.2) is 10.4 Å². The zero-order chi connectivity index (χ0) is 24.0. The van der Waals surface area contributed by atoms with E-state index in [-0.39, 0.29) is 17.9 Å². The zero-order valence-electron chi connectivity index (χ0n) is 19.3. The quantitative estimate of drug-likeness (QED) is 0.407. The largest absolute Gasteiger partial charge is 0.423 e. The Morgan fingerprint density at radius 1 is 1.15 bits per heavy atom. The minimum Gasteiger partial charge on any atom is -0.423 e. The summed E-state index contributed by atoms with van der Waals surface area (Å²) in [5.41, 5.74) is 3.53. The lowest BCUT2D eigenvalue weighted by Gasteiger charge is -2.13. The van der Waals surface area contributed by atoms with Crippen LogP contribution in [0.4, 0.5) is 0 Å². The molecule has 0 spiro atoms. The van der Waals surface area contributed by atoms with Crippen molar-refractivity contribution in [3.63, 3.8) is 0 Å². The average molecular weight is 492 g/mol. The van der Waals surface area contributed by atoms with Crippen molar-refractivity contribution in [2.24, 2.45) is 5.41 Å². The van der Waals surface area contributed by atoms with Crippen LogP contribution in [0.5, 0.6) is 0 Å². The molecule has 0 radical (unpaired) electrons. The number of rotatable bonds is 4. The normalized spacial score (nSPS) is 14.8. The van der Waals surface area contributed by atoms with Gasteiger partial charge in [0, 0.05) is 22.9 Å². The van der Waals surface area contributed by atoms with Crippen molar-refractivity contribution in [2.75, 3.05) is 0 Å². The predicted molar refractivity (Wildman–Crippen MR) is 138 cm³/mol. The van der Waals surface area contributed by atoms with Gasteiger partial charge >= 0.3 is 5.63 Å². The third-order valence-electron chi connectivity index (χ3n) is 6.14. The first-order valence-corrected chi connectivity index (χ1v) is 13.0. The molecule has 3 aromatic heterocycles. The maximum Gasteiger partial charge on any atom is 0.336 e. The fourth-order valence-corrected chi connectivity index (χ4v) is 5.89. The fraction of sp³-hybridized carbons (Fsp3) is 0.296. The molecule has 0 unspecified atom stereocenters. The Labute approximate surface area is 204 Å². The van der Waals surface area contributed by atoms with E-state index in [4.69, 9.17) is 4.42 Å². The molecule has 0 saturated heterocycles. The molecule has 1 aromatic carbocycles. The second kappa shape index (κ2) is 8.64. The van der Waals surface area contributed by atoms with E-state index < -0.39 is 11.0 Å². The van der Waals surface area contributed by atoms with E-state index in [1.54, 1.807) is 22.0 Å². The standard InChI is InChI=1S/C27H25NO4S2/c1-27(2,3)23(29)13-24-28(26(31)22(34-24)9-16-7-8-33-15-16)14-19-12-25(30)32-21-11-18-6-4-5-17(18)10-20(19)21/h7-13,15H,4-6,14H2,1-3H3. The number of carbonyl (C=O) groups excluding carboxylic acids is 1. The van der Waals surface area contributed by atoms with Crippen molar-refractivity contribution >= 4 is 51.6 Å². The summed E-state index contributed by atoms with van der Waals surface area (Å²) >= 11 is 2.86. The van der Waals surface area contributed by atoms with Gasteiger partial charge in [-0.2, -0.15) is 11.3 Å². The van der Waals surface area contributed by atoms with E-state index in [1.165, 1.54) is 28.5 Å². The maximum absolute atomic E-state index is 13.5. The van der Waals surface area contributed by atoms with Crippen LogP contribution in [0.2, 0.25) is 0 Å². The number of thiophene rings is 1. The molecule has 0 bridgehead atoms.